The molecule has 2 aromatic carbocycles. The third kappa shape index (κ3) is 5.58. The molecule has 1 saturated heterocycles. The van der Waals surface area contributed by atoms with Crippen molar-refractivity contribution in [1.29, 1.82) is 0 Å². The smallest absolute Gasteiger partial charge is 0.379 e. The van der Waals surface area contributed by atoms with Crippen LogP contribution < -0.4 is 14.2 Å². The van der Waals surface area contributed by atoms with Gasteiger partial charge < -0.3 is 18.6 Å². The first kappa shape index (κ1) is 24.2. The van der Waals surface area contributed by atoms with E-state index in [0.717, 1.165) is 28.6 Å². The van der Waals surface area contributed by atoms with Crippen molar-refractivity contribution in [1.82, 2.24) is 4.90 Å². The maximum Gasteiger partial charge on any atom is 0.379 e. The number of carbonyl (C=O) groups is 3. The fraction of sp³-hybridized carbons (Fsp3) is 0.192. The average molecular weight is 494 g/mol. The van der Waals surface area contributed by atoms with Crippen LogP contribution in [0.25, 0.3) is 6.08 Å². The van der Waals surface area contributed by atoms with Crippen LogP contribution in [0.15, 0.2) is 64.1 Å². The van der Waals surface area contributed by atoms with Gasteiger partial charge in [-0.05, 0) is 78.7 Å². The number of hydrogen-bond donors (Lipinski definition) is 0. The quantitative estimate of drug-likeness (QED) is 0.239. The van der Waals surface area contributed by atoms with Gasteiger partial charge in [0.15, 0.2) is 11.5 Å². The Labute approximate surface area is 206 Å². The molecule has 0 bridgehead atoms. The molecule has 3 aromatic rings. The Balaban J connectivity index is 1.42. The Morgan fingerprint density at radius 2 is 1.89 bits per heavy atom. The molecule has 1 aliphatic heterocycles. The van der Waals surface area contributed by atoms with Crippen LogP contribution in [0.5, 0.6) is 17.2 Å². The van der Waals surface area contributed by atoms with Gasteiger partial charge in [-0.3, -0.25) is 14.5 Å². The van der Waals surface area contributed by atoms with Crippen molar-refractivity contribution in [2.24, 2.45) is 0 Å². The van der Waals surface area contributed by atoms with E-state index in [4.69, 9.17) is 18.6 Å². The molecule has 0 N–H and O–H groups in total. The maximum absolute atomic E-state index is 12.8. The van der Waals surface area contributed by atoms with E-state index in [-0.39, 0.29) is 34.8 Å². The number of amides is 2. The van der Waals surface area contributed by atoms with Crippen molar-refractivity contribution in [3.63, 3.8) is 0 Å². The number of aryl methyl sites for hydroxylation is 2. The molecular formula is C26H23NO7S. The van der Waals surface area contributed by atoms with Gasteiger partial charge in [-0.25, -0.2) is 4.79 Å². The highest BCUT2D eigenvalue weighted by Gasteiger charge is 2.34. The minimum Gasteiger partial charge on any atom is -0.493 e. The summed E-state index contributed by atoms with van der Waals surface area (Å²) in [6.45, 7) is 4.24. The predicted molar refractivity (Wildman–Crippen MR) is 131 cm³/mol. The van der Waals surface area contributed by atoms with E-state index in [1.807, 2.05) is 32.0 Å². The molecular weight excluding hydrogens is 470 g/mol. The zero-order chi connectivity index (χ0) is 24.9. The molecule has 9 heteroatoms. The summed E-state index contributed by atoms with van der Waals surface area (Å²) in [7, 11) is 1.44. The first-order valence-electron chi connectivity index (χ1n) is 10.7. The van der Waals surface area contributed by atoms with E-state index in [1.54, 1.807) is 30.3 Å². The summed E-state index contributed by atoms with van der Waals surface area (Å²) in [6, 6.07) is 13.8. The number of rotatable bonds is 8. The average Bonchev–Trinajstić information content (AvgIpc) is 3.47. The summed E-state index contributed by atoms with van der Waals surface area (Å²) >= 11 is 0.859. The number of hydrogen-bond acceptors (Lipinski definition) is 8. The fourth-order valence-corrected chi connectivity index (χ4v) is 4.22. The number of imide groups is 1. The maximum atomic E-state index is 12.8. The van der Waals surface area contributed by atoms with Gasteiger partial charge in [-0.15, -0.1) is 0 Å². The number of benzene rings is 2. The van der Waals surface area contributed by atoms with Crippen molar-refractivity contribution in [2.75, 3.05) is 20.3 Å². The number of thioether (sulfide) groups is 1. The predicted octanol–water partition coefficient (Wildman–Crippen LogP) is 5.24. The Hall–Kier alpha value is -3.98. The number of carbonyl (C=O) groups excluding carboxylic acids is 3. The number of esters is 1. The molecule has 2 amide bonds. The third-order valence-corrected chi connectivity index (χ3v) is 6.11. The van der Waals surface area contributed by atoms with E-state index in [9.17, 15) is 14.4 Å². The molecule has 0 saturated carbocycles. The van der Waals surface area contributed by atoms with Crippen molar-refractivity contribution >= 4 is 35.0 Å². The highest BCUT2D eigenvalue weighted by Crippen LogP contribution is 2.35. The lowest BCUT2D eigenvalue weighted by molar-refractivity contribution is -0.123. The molecule has 4 rings (SSSR count). The summed E-state index contributed by atoms with van der Waals surface area (Å²) < 4.78 is 21.5. The van der Waals surface area contributed by atoms with Crippen LogP contribution in [0.4, 0.5) is 4.79 Å². The van der Waals surface area contributed by atoms with Crippen LogP contribution in [0.1, 0.15) is 27.2 Å². The Kier molecular flexibility index (Phi) is 7.26. The number of ether oxygens (including phenoxy) is 3. The lowest BCUT2D eigenvalue weighted by atomic mass is 10.1. The minimum atomic E-state index is -0.662. The van der Waals surface area contributed by atoms with Crippen molar-refractivity contribution in [2.45, 2.75) is 13.8 Å². The normalized spacial score (nSPS) is 14.5. The zero-order valence-corrected chi connectivity index (χ0v) is 20.2. The summed E-state index contributed by atoms with van der Waals surface area (Å²) in [5.74, 6) is 0.225. The molecule has 8 nitrogen and oxygen atoms in total. The van der Waals surface area contributed by atoms with E-state index in [2.05, 4.69) is 0 Å². The van der Waals surface area contributed by atoms with Crippen LogP contribution in [-0.2, 0) is 4.79 Å². The molecule has 0 aliphatic carbocycles. The van der Waals surface area contributed by atoms with Crippen LogP contribution in [0, 0.1) is 13.8 Å². The number of nitrogens with zero attached hydrogens (tertiary/aromatic N) is 1. The van der Waals surface area contributed by atoms with E-state index in [1.165, 1.54) is 24.3 Å². The van der Waals surface area contributed by atoms with Crippen molar-refractivity contribution in [3.05, 3.63) is 82.1 Å². The Morgan fingerprint density at radius 3 is 2.63 bits per heavy atom. The number of furan rings is 1. The third-order valence-electron chi connectivity index (χ3n) is 5.20. The van der Waals surface area contributed by atoms with E-state index in [0.29, 0.717) is 11.3 Å². The highest BCUT2D eigenvalue weighted by molar-refractivity contribution is 8.18. The Morgan fingerprint density at radius 1 is 1.06 bits per heavy atom. The van der Waals surface area contributed by atoms with Gasteiger partial charge >= 0.3 is 5.97 Å². The minimum absolute atomic E-state index is 0.0614. The Bertz CT molecular complexity index is 1300. The lowest BCUT2D eigenvalue weighted by Gasteiger charge is -2.14. The first-order chi connectivity index (χ1) is 16.9. The fourth-order valence-electron chi connectivity index (χ4n) is 3.36. The second kappa shape index (κ2) is 10.5. The molecule has 0 unspecified atom stereocenters. The molecule has 0 atom stereocenters. The van der Waals surface area contributed by atoms with Gasteiger partial charge in [0.25, 0.3) is 11.1 Å². The van der Waals surface area contributed by atoms with Gasteiger partial charge in [0.2, 0.25) is 5.76 Å². The standard InChI is InChI=1S/C26H23NO7S/c1-16-6-7-17(2)21(13-16)33-12-10-27-24(28)23(35-26(27)30)15-18-8-9-19(22(14-18)31-3)34-25(29)20-5-4-11-32-20/h4-9,11,13-15H,10,12H2,1-3H3/b23-15-. The summed E-state index contributed by atoms with van der Waals surface area (Å²) in [5.41, 5.74) is 2.66. The van der Waals surface area contributed by atoms with Crippen LogP contribution >= 0.6 is 11.8 Å². The summed E-state index contributed by atoms with van der Waals surface area (Å²) in [6.07, 6.45) is 2.97. The van der Waals surface area contributed by atoms with Gasteiger partial charge in [-0.2, -0.15) is 0 Å². The van der Waals surface area contributed by atoms with Crippen molar-refractivity contribution < 1.29 is 33.0 Å². The van der Waals surface area contributed by atoms with Crippen LogP contribution in [0.2, 0.25) is 0 Å². The molecule has 1 aliphatic rings. The first-order valence-corrected chi connectivity index (χ1v) is 11.6. The summed E-state index contributed by atoms with van der Waals surface area (Å²) in [4.78, 5) is 38.9. The van der Waals surface area contributed by atoms with E-state index >= 15 is 0 Å². The van der Waals surface area contributed by atoms with E-state index < -0.39 is 11.9 Å². The monoisotopic (exact) mass is 493 g/mol. The number of methoxy groups -OCH3 is 1. The van der Waals surface area contributed by atoms with Gasteiger partial charge in [0.1, 0.15) is 12.4 Å². The highest BCUT2D eigenvalue weighted by atomic mass is 32.2. The SMILES string of the molecule is COc1cc(/C=C2\SC(=O)N(CCOc3cc(C)ccc3C)C2=O)ccc1OC(=O)c1ccco1. The molecule has 1 fully saturated rings. The second-order valence-corrected chi connectivity index (χ2v) is 8.72. The molecule has 180 valence electrons. The molecule has 0 spiro atoms. The van der Waals surface area contributed by atoms with Crippen molar-refractivity contribution in [3.8, 4) is 17.2 Å². The molecule has 35 heavy (non-hydrogen) atoms. The lowest BCUT2D eigenvalue weighted by Crippen LogP contribution is -2.32. The van der Waals surface area contributed by atoms with Gasteiger partial charge in [0, 0.05) is 0 Å². The van der Waals surface area contributed by atoms with Crippen LogP contribution in [0.3, 0.4) is 0 Å². The molecule has 1 aromatic heterocycles. The van der Waals surface area contributed by atoms with Crippen LogP contribution in [-0.4, -0.2) is 42.3 Å². The molecule has 2 heterocycles. The van der Waals surface area contributed by atoms with Gasteiger partial charge in [-0.1, -0.05) is 18.2 Å². The summed E-state index contributed by atoms with van der Waals surface area (Å²) in [5, 5.41) is -0.359. The largest absolute Gasteiger partial charge is 0.493 e. The second-order valence-electron chi connectivity index (χ2n) is 7.73. The van der Waals surface area contributed by atoms with Gasteiger partial charge in [0.05, 0.1) is 24.8 Å². The zero-order valence-electron chi connectivity index (χ0n) is 19.4. The topological polar surface area (TPSA) is 95.3 Å². The molecule has 0 radical (unpaired) electrons.